The van der Waals surface area contributed by atoms with Crippen molar-refractivity contribution >= 4 is 40.5 Å². The minimum atomic E-state index is -0.732. The van der Waals surface area contributed by atoms with Gasteiger partial charge >= 0.3 is 0 Å². The molecule has 1 heterocycles. The van der Waals surface area contributed by atoms with E-state index in [1.54, 1.807) is 6.07 Å². The summed E-state index contributed by atoms with van der Waals surface area (Å²) in [4.78, 5) is 4.60. The number of β-amino-alcohol motifs (C(OH)–C–C–N with tert-alkyl or cyclic N) is 1. The zero-order chi connectivity index (χ0) is 18.9. The SMILES string of the molecule is CC(C)(O)CN1CCN(c2ccc(Cl)cc2Cl)[C@H](c2ccc(Cl)cc2)C1. The van der Waals surface area contributed by atoms with E-state index < -0.39 is 5.60 Å². The molecule has 0 amide bonds. The van der Waals surface area contributed by atoms with Gasteiger partial charge in [-0.2, -0.15) is 0 Å². The molecular weight excluding hydrogens is 391 g/mol. The average Bonchev–Trinajstić information content (AvgIpc) is 2.55. The lowest BCUT2D eigenvalue weighted by molar-refractivity contribution is 0.0298. The Morgan fingerprint density at radius 1 is 1.00 bits per heavy atom. The van der Waals surface area contributed by atoms with Crippen LogP contribution in [0, 0.1) is 0 Å². The fourth-order valence-electron chi connectivity index (χ4n) is 3.50. The number of halogens is 3. The van der Waals surface area contributed by atoms with Crippen LogP contribution in [0.5, 0.6) is 0 Å². The third-order valence-corrected chi connectivity index (χ3v) is 5.34. The summed E-state index contributed by atoms with van der Waals surface area (Å²) in [6, 6.07) is 13.7. The summed E-state index contributed by atoms with van der Waals surface area (Å²) >= 11 is 18.6. The summed E-state index contributed by atoms with van der Waals surface area (Å²) in [6.07, 6.45) is 0. The second-order valence-corrected chi connectivity index (χ2v) is 8.68. The van der Waals surface area contributed by atoms with Crippen molar-refractivity contribution in [1.82, 2.24) is 4.90 Å². The van der Waals surface area contributed by atoms with Gasteiger partial charge in [-0.05, 0) is 49.7 Å². The number of hydrogen-bond donors (Lipinski definition) is 1. The van der Waals surface area contributed by atoms with Gasteiger partial charge in [-0.25, -0.2) is 0 Å². The standard InChI is InChI=1S/C20H23Cl3N2O/c1-20(2,26)13-24-9-10-25(18-8-7-16(22)11-17(18)23)19(12-24)14-3-5-15(21)6-4-14/h3-8,11,19,26H,9-10,12-13H2,1-2H3/t19-/m0/s1. The van der Waals surface area contributed by atoms with Gasteiger partial charge in [0, 0.05) is 36.2 Å². The summed E-state index contributed by atoms with van der Waals surface area (Å²) in [5.74, 6) is 0. The van der Waals surface area contributed by atoms with Gasteiger partial charge in [0.2, 0.25) is 0 Å². The van der Waals surface area contributed by atoms with Crippen molar-refractivity contribution in [1.29, 1.82) is 0 Å². The van der Waals surface area contributed by atoms with Crippen LogP contribution in [0.2, 0.25) is 15.1 Å². The Morgan fingerprint density at radius 2 is 1.65 bits per heavy atom. The van der Waals surface area contributed by atoms with Crippen LogP contribution in [0.1, 0.15) is 25.5 Å². The number of aliphatic hydroxyl groups is 1. The van der Waals surface area contributed by atoms with Crippen molar-refractivity contribution in [3.63, 3.8) is 0 Å². The van der Waals surface area contributed by atoms with E-state index in [9.17, 15) is 5.11 Å². The fraction of sp³-hybridized carbons (Fsp3) is 0.400. The molecule has 3 nitrogen and oxygen atoms in total. The predicted octanol–water partition coefficient (Wildman–Crippen LogP) is 5.28. The molecule has 26 heavy (non-hydrogen) atoms. The largest absolute Gasteiger partial charge is 0.389 e. The molecule has 1 saturated heterocycles. The van der Waals surface area contributed by atoms with Crippen molar-refractivity contribution in [3.05, 3.63) is 63.1 Å². The van der Waals surface area contributed by atoms with Crippen molar-refractivity contribution in [2.24, 2.45) is 0 Å². The molecule has 140 valence electrons. The molecule has 0 spiro atoms. The molecule has 0 saturated carbocycles. The monoisotopic (exact) mass is 412 g/mol. The van der Waals surface area contributed by atoms with E-state index in [-0.39, 0.29) is 6.04 Å². The molecule has 1 fully saturated rings. The van der Waals surface area contributed by atoms with E-state index in [0.717, 1.165) is 25.3 Å². The summed E-state index contributed by atoms with van der Waals surface area (Å²) in [6.45, 7) is 6.76. The van der Waals surface area contributed by atoms with Gasteiger partial charge in [-0.1, -0.05) is 46.9 Å². The summed E-state index contributed by atoms with van der Waals surface area (Å²) in [5, 5.41) is 12.2. The molecule has 0 aromatic heterocycles. The van der Waals surface area contributed by atoms with Crippen molar-refractivity contribution in [3.8, 4) is 0 Å². The number of piperazine rings is 1. The molecule has 1 N–H and O–H groups in total. The lowest BCUT2D eigenvalue weighted by atomic mass is 10.00. The number of hydrogen-bond acceptors (Lipinski definition) is 3. The van der Waals surface area contributed by atoms with E-state index in [1.165, 1.54) is 5.56 Å². The Morgan fingerprint density at radius 3 is 2.27 bits per heavy atom. The first-order chi connectivity index (χ1) is 12.2. The van der Waals surface area contributed by atoms with Crippen LogP contribution in [0.4, 0.5) is 5.69 Å². The van der Waals surface area contributed by atoms with Gasteiger partial charge in [-0.15, -0.1) is 0 Å². The maximum absolute atomic E-state index is 10.2. The van der Waals surface area contributed by atoms with Crippen molar-refractivity contribution in [2.75, 3.05) is 31.1 Å². The molecule has 1 aliphatic heterocycles. The molecule has 6 heteroatoms. The molecule has 0 aliphatic carbocycles. The molecule has 0 unspecified atom stereocenters. The lowest BCUT2D eigenvalue weighted by Gasteiger charge is -2.44. The Labute approximate surface area is 170 Å². The number of rotatable bonds is 4. The number of nitrogens with zero attached hydrogens (tertiary/aromatic N) is 2. The second-order valence-electron chi connectivity index (χ2n) is 7.40. The van der Waals surface area contributed by atoms with E-state index in [2.05, 4.69) is 21.9 Å². The molecule has 2 aromatic rings. The van der Waals surface area contributed by atoms with Crippen LogP contribution in [-0.4, -0.2) is 41.8 Å². The van der Waals surface area contributed by atoms with E-state index in [0.29, 0.717) is 21.6 Å². The zero-order valence-electron chi connectivity index (χ0n) is 14.9. The van der Waals surface area contributed by atoms with Crippen LogP contribution in [0.3, 0.4) is 0 Å². The molecule has 0 radical (unpaired) electrons. The first-order valence-electron chi connectivity index (χ1n) is 8.65. The van der Waals surface area contributed by atoms with Crippen LogP contribution < -0.4 is 4.90 Å². The van der Waals surface area contributed by atoms with E-state index in [1.807, 2.05) is 38.1 Å². The predicted molar refractivity (Wildman–Crippen MR) is 111 cm³/mol. The Balaban J connectivity index is 1.93. The molecule has 0 bridgehead atoms. The molecule has 3 rings (SSSR count). The van der Waals surface area contributed by atoms with Crippen molar-refractivity contribution in [2.45, 2.75) is 25.5 Å². The topological polar surface area (TPSA) is 26.7 Å². The van der Waals surface area contributed by atoms with Crippen LogP contribution in [0.25, 0.3) is 0 Å². The number of benzene rings is 2. The highest BCUT2D eigenvalue weighted by atomic mass is 35.5. The minimum absolute atomic E-state index is 0.113. The van der Waals surface area contributed by atoms with E-state index in [4.69, 9.17) is 34.8 Å². The van der Waals surface area contributed by atoms with Crippen LogP contribution in [-0.2, 0) is 0 Å². The van der Waals surface area contributed by atoms with Crippen LogP contribution in [0.15, 0.2) is 42.5 Å². The van der Waals surface area contributed by atoms with Crippen LogP contribution >= 0.6 is 34.8 Å². The normalized spacial score (nSPS) is 19.0. The smallest absolute Gasteiger partial charge is 0.0718 e. The highest BCUT2D eigenvalue weighted by Gasteiger charge is 2.31. The summed E-state index contributed by atoms with van der Waals surface area (Å²) in [5.41, 5.74) is 1.41. The Hall–Kier alpha value is -0.970. The Bertz CT molecular complexity index is 759. The van der Waals surface area contributed by atoms with Gasteiger partial charge in [0.05, 0.1) is 22.4 Å². The fourth-order valence-corrected chi connectivity index (χ4v) is 4.15. The minimum Gasteiger partial charge on any atom is -0.389 e. The summed E-state index contributed by atoms with van der Waals surface area (Å²) < 4.78 is 0. The maximum atomic E-state index is 10.2. The molecule has 1 atom stereocenters. The average molecular weight is 414 g/mol. The van der Waals surface area contributed by atoms with E-state index >= 15 is 0 Å². The van der Waals surface area contributed by atoms with Gasteiger partial charge in [0.25, 0.3) is 0 Å². The lowest BCUT2D eigenvalue weighted by Crippen LogP contribution is -2.52. The van der Waals surface area contributed by atoms with Gasteiger partial charge in [0.15, 0.2) is 0 Å². The highest BCUT2D eigenvalue weighted by molar-refractivity contribution is 6.36. The highest BCUT2D eigenvalue weighted by Crippen LogP contribution is 2.37. The third kappa shape index (κ3) is 4.85. The zero-order valence-corrected chi connectivity index (χ0v) is 17.2. The molecular formula is C20H23Cl3N2O. The number of anilines is 1. The van der Waals surface area contributed by atoms with Gasteiger partial charge in [0.1, 0.15) is 0 Å². The Kier molecular flexibility index (Phi) is 6.05. The van der Waals surface area contributed by atoms with Gasteiger partial charge in [-0.3, -0.25) is 4.90 Å². The molecule has 2 aromatic carbocycles. The second kappa shape index (κ2) is 7.95. The van der Waals surface area contributed by atoms with Gasteiger partial charge < -0.3 is 10.0 Å². The first-order valence-corrected chi connectivity index (χ1v) is 9.78. The first kappa shape index (κ1) is 19.8. The maximum Gasteiger partial charge on any atom is 0.0718 e. The quantitative estimate of drug-likeness (QED) is 0.738. The summed E-state index contributed by atoms with van der Waals surface area (Å²) in [7, 11) is 0. The third-order valence-electron chi connectivity index (χ3n) is 4.55. The molecule has 1 aliphatic rings. The van der Waals surface area contributed by atoms with Crippen molar-refractivity contribution < 1.29 is 5.11 Å².